The van der Waals surface area contributed by atoms with Gasteiger partial charge in [-0.05, 0) is 38.3 Å². The number of aliphatic hydroxyl groups is 1. The summed E-state index contributed by atoms with van der Waals surface area (Å²) in [6.45, 7) is 5.32. The number of hydrogen-bond acceptors (Lipinski definition) is 2. The Morgan fingerprint density at radius 2 is 1.79 bits per heavy atom. The highest BCUT2D eigenvalue weighted by Crippen LogP contribution is 2.28. The van der Waals surface area contributed by atoms with Gasteiger partial charge < -0.3 is 10.0 Å². The van der Waals surface area contributed by atoms with E-state index in [9.17, 15) is 5.11 Å². The summed E-state index contributed by atoms with van der Waals surface area (Å²) >= 11 is 0. The van der Waals surface area contributed by atoms with Crippen LogP contribution in [0, 0.1) is 6.92 Å². The van der Waals surface area contributed by atoms with Crippen LogP contribution in [-0.2, 0) is 0 Å². The van der Waals surface area contributed by atoms with Crippen LogP contribution in [0.4, 0.5) is 5.69 Å². The second-order valence-corrected chi connectivity index (χ2v) is 5.70. The summed E-state index contributed by atoms with van der Waals surface area (Å²) in [6, 6.07) is 8.81. The molecule has 2 nitrogen and oxygen atoms in total. The van der Waals surface area contributed by atoms with Crippen LogP contribution in [0.2, 0.25) is 0 Å². The zero-order valence-electron chi connectivity index (χ0n) is 12.3. The van der Waals surface area contributed by atoms with Crippen LogP contribution in [0.15, 0.2) is 24.3 Å². The highest BCUT2D eigenvalue weighted by molar-refractivity contribution is 5.54. The SMILES string of the molecule is CCN(c1ccccc1C)C1CCCCCCC1O. The van der Waals surface area contributed by atoms with Crippen molar-refractivity contribution in [1.82, 2.24) is 0 Å². The van der Waals surface area contributed by atoms with Crippen molar-refractivity contribution in [1.29, 1.82) is 0 Å². The minimum absolute atomic E-state index is 0.181. The van der Waals surface area contributed by atoms with Gasteiger partial charge in [0.05, 0.1) is 12.1 Å². The van der Waals surface area contributed by atoms with Crippen molar-refractivity contribution in [2.75, 3.05) is 11.4 Å². The maximum Gasteiger partial charge on any atom is 0.0743 e. The molecule has 2 rings (SSSR count). The molecule has 2 atom stereocenters. The predicted molar refractivity (Wildman–Crippen MR) is 81.7 cm³/mol. The summed E-state index contributed by atoms with van der Waals surface area (Å²) in [4.78, 5) is 2.41. The maximum absolute atomic E-state index is 10.5. The number of hydrogen-bond donors (Lipinski definition) is 1. The fourth-order valence-corrected chi connectivity index (χ4v) is 3.28. The van der Waals surface area contributed by atoms with Crippen LogP contribution in [-0.4, -0.2) is 23.8 Å². The Hall–Kier alpha value is -1.02. The molecule has 0 bridgehead atoms. The molecule has 0 aliphatic heterocycles. The molecule has 19 heavy (non-hydrogen) atoms. The average molecular weight is 261 g/mol. The summed E-state index contributed by atoms with van der Waals surface area (Å²) in [6.07, 6.45) is 6.89. The minimum Gasteiger partial charge on any atom is -0.391 e. The Bertz CT molecular complexity index is 391. The first-order chi connectivity index (χ1) is 9.24. The van der Waals surface area contributed by atoms with E-state index in [1.54, 1.807) is 0 Å². The minimum atomic E-state index is -0.181. The van der Waals surface area contributed by atoms with Gasteiger partial charge in [-0.25, -0.2) is 0 Å². The van der Waals surface area contributed by atoms with Gasteiger partial charge in [0.15, 0.2) is 0 Å². The number of nitrogens with zero attached hydrogens (tertiary/aromatic N) is 1. The van der Waals surface area contributed by atoms with Crippen molar-refractivity contribution in [3.63, 3.8) is 0 Å². The first-order valence-corrected chi connectivity index (χ1v) is 7.74. The second-order valence-electron chi connectivity index (χ2n) is 5.70. The van der Waals surface area contributed by atoms with E-state index in [1.807, 2.05) is 0 Å². The van der Waals surface area contributed by atoms with Crippen molar-refractivity contribution in [3.05, 3.63) is 29.8 Å². The normalized spacial score (nSPS) is 24.6. The average Bonchev–Trinajstić information content (AvgIpc) is 2.40. The van der Waals surface area contributed by atoms with Crippen molar-refractivity contribution in [2.24, 2.45) is 0 Å². The largest absolute Gasteiger partial charge is 0.391 e. The summed E-state index contributed by atoms with van der Waals surface area (Å²) in [7, 11) is 0. The zero-order chi connectivity index (χ0) is 13.7. The number of para-hydroxylation sites is 1. The Morgan fingerprint density at radius 3 is 2.47 bits per heavy atom. The fourth-order valence-electron chi connectivity index (χ4n) is 3.28. The number of benzene rings is 1. The molecule has 0 heterocycles. The summed E-state index contributed by atoms with van der Waals surface area (Å²) in [5, 5.41) is 10.5. The van der Waals surface area contributed by atoms with Gasteiger partial charge in [0, 0.05) is 12.2 Å². The van der Waals surface area contributed by atoms with Crippen molar-refractivity contribution in [2.45, 2.75) is 64.5 Å². The molecule has 1 N–H and O–H groups in total. The van der Waals surface area contributed by atoms with Gasteiger partial charge in [-0.3, -0.25) is 0 Å². The van der Waals surface area contributed by atoms with E-state index in [4.69, 9.17) is 0 Å². The third-order valence-corrected chi connectivity index (χ3v) is 4.36. The molecule has 0 amide bonds. The Labute approximate surface area is 117 Å². The van der Waals surface area contributed by atoms with Gasteiger partial charge in [-0.1, -0.05) is 43.9 Å². The molecule has 0 aromatic heterocycles. The van der Waals surface area contributed by atoms with Crippen LogP contribution in [0.25, 0.3) is 0 Å². The van der Waals surface area contributed by atoms with E-state index in [0.29, 0.717) is 0 Å². The quantitative estimate of drug-likeness (QED) is 0.892. The van der Waals surface area contributed by atoms with Gasteiger partial charge in [0.1, 0.15) is 0 Å². The van der Waals surface area contributed by atoms with E-state index in [2.05, 4.69) is 43.0 Å². The molecule has 1 aliphatic carbocycles. The number of rotatable bonds is 3. The monoisotopic (exact) mass is 261 g/mol. The van der Waals surface area contributed by atoms with Gasteiger partial charge in [0.2, 0.25) is 0 Å². The fraction of sp³-hybridized carbons (Fsp3) is 0.647. The molecule has 2 unspecified atom stereocenters. The van der Waals surface area contributed by atoms with Crippen molar-refractivity contribution >= 4 is 5.69 Å². The molecular weight excluding hydrogens is 234 g/mol. The second kappa shape index (κ2) is 6.95. The standard InChI is InChI=1S/C17H27NO/c1-3-18(15-11-9-8-10-14(15)2)16-12-6-4-5-7-13-17(16)19/h8-11,16-17,19H,3-7,12-13H2,1-2H3. The third kappa shape index (κ3) is 3.50. The number of aryl methyl sites for hydroxylation is 1. The highest BCUT2D eigenvalue weighted by Gasteiger charge is 2.26. The smallest absolute Gasteiger partial charge is 0.0743 e. The Balaban J connectivity index is 2.21. The van der Waals surface area contributed by atoms with E-state index in [0.717, 1.165) is 19.4 Å². The highest BCUT2D eigenvalue weighted by atomic mass is 16.3. The number of aliphatic hydroxyl groups excluding tert-OH is 1. The molecule has 1 aromatic carbocycles. The van der Waals surface area contributed by atoms with Gasteiger partial charge in [0.25, 0.3) is 0 Å². The summed E-state index contributed by atoms with van der Waals surface area (Å²) in [5.74, 6) is 0. The van der Waals surface area contributed by atoms with E-state index in [-0.39, 0.29) is 12.1 Å². The molecule has 106 valence electrons. The Kier molecular flexibility index (Phi) is 5.26. The Morgan fingerprint density at radius 1 is 1.11 bits per heavy atom. The molecular formula is C17H27NO. The number of anilines is 1. The molecule has 1 aliphatic rings. The first-order valence-electron chi connectivity index (χ1n) is 7.74. The number of likely N-dealkylation sites (N-methyl/N-ethyl adjacent to an activating group) is 1. The van der Waals surface area contributed by atoms with E-state index < -0.39 is 0 Å². The molecule has 1 fully saturated rings. The predicted octanol–water partition coefficient (Wildman–Crippen LogP) is 3.91. The lowest BCUT2D eigenvalue weighted by Gasteiger charge is -2.38. The van der Waals surface area contributed by atoms with Crippen LogP contribution >= 0.6 is 0 Å². The van der Waals surface area contributed by atoms with Crippen molar-refractivity contribution < 1.29 is 5.11 Å². The lowest BCUT2D eigenvalue weighted by Crippen LogP contribution is -2.44. The molecule has 1 aromatic rings. The lowest BCUT2D eigenvalue weighted by molar-refractivity contribution is 0.116. The molecule has 0 saturated heterocycles. The summed E-state index contributed by atoms with van der Waals surface area (Å²) in [5.41, 5.74) is 2.59. The molecule has 0 spiro atoms. The van der Waals surface area contributed by atoms with Crippen LogP contribution in [0.5, 0.6) is 0 Å². The van der Waals surface area contributed by atoms with E-state index in [1.165, 1.54) is 36.9 Å². The molecule has 0 radical (unpaired) electrons. The summed E-state index contributed by atoms with van der Waals surface area (Å²) < 4.78 is 0. The lowest BCUT2D eigenvalue weighted by atomic mass is 9.92. The zero-order valence-corrected chi connectivity index (χ0v) is 12.3. The topological polar surface area (TPSA) is 23.5 Å². The van der Waals surface area contributed by atoms with Gasteiger partial charge in [-0.15, -0.1) is 0 Å². The van der Waals surface area contributed by atoms with Crippen molar-refractivity contribution in [3.8, 4) is 0 Å². The van der Waals surface area contributed by atoms with Crippen LogP contribution < -0.4 is 4.90 Å². The third-order valence-electron chi connectivity index (χ3n) is 4.36. The molecule has 2 heteroatoms. The van der Waals surface area contributed by atoms with Crippen LogP contribution in [0.1, 0.15) is 51.0 Å². The van der Waals surface area contributed by atoms with Gasteiger partial charge in [-0.2, -0.15) is 0 Å². The van der Waals surface area contributed by atoms with E-state index >= 15 is 0 Å². The first kappa shape index (κ1) is 14.4. The molecule has 1 saturated carbocycles. The maximum atomic E-state index is 10.5. The van der Waals surface area contributed by atoms with Gasteiger partial charge >= 0.3 is 0 Å². The van der Waals surface area contributed by atoms with Crippen LogP contribution in [0.3, 0.4) is 0 Å².